The average molecular weight is 781 g/mol. The summed E-state index contributed by atoms with van der Waals surface area (Å²) in [5, 5.41) is 24.0. The number of piperidine rings is 2. The van der Waals surface area contributed by atoms with Gasteiger partial charge in [0.1, 0.15) is 24.3 Å². The highest BCUT2D eigenvalue weighted by Crippen LogP contribution is 2.33. The van der Waals surface area contributed by atoms with Gasteiger partial charge in [0.15, 0.2) is 0 Å². The Morgan fingerprint density at radius 2 is 1.02 bits per heavy atom. The molecule has 0 radical (unpaired) electrons. The Kier molecular flexibility index (Phi) is 14.2. The zero-order valence-corrected chi connectivity index (χ0v) is 30.6. The molecule has 0 spiro atoms. The minimum absolute atomic E-state index is 0.0438. The number of rotatable bonds is 10. The van der Waals surface area contributed by atoms with Gasteiger partial charge in [0.25, 0.3) is 11.4 Å². The van der Waals surface area contributed by atoms with Crippen molar-refractivity contribution in [3.63, 3.8) is 0 Å². The van der Waals surface area contributed by atoms with Crippen molar-refractivity contribution in [3.05, 3.63) is 69.3 Å². The van der Waals surface area contributed by atoms with E-state index < -0.39 is 30.6 Å². The number of fused-ring (bicyclic) bond motifs is 2. The highest BCUT2D eigenvalue weighted by atomic mass is 32.3. The van der Waals surface area contributed by atoms with Gasteiger partial charge in [-0.05, 0) is 49.7 Å². The molecule has 2 aliphatic heterocycles. The van der Waals surface area contributed by atoms with Crippen LogP contribution in [0.15, 0.2) is 49.1 Å². The second-order valence-electron chi connectivity index (χ2n) is 12.3. The first kappa shape index (κ1) is 41.0. The summed E-state index contributed by atoms with van der Waals surface area (Å²) in [6.45, 7) is 3.73. The Bertz CT molecular complexity index is 1960. The maximum atomic E-state index is 11.1. The number of non-ortho nitro benzene ring substituents is 2. The Balaban J connectivity index is 0.000000453. The minimum atomic E-state index is -4.16. The van der Waals surface area contributed by atoms with Gasteiger partial charge in [0.05, 0.1) is 35.1 Å². The van der Waals surface area contributed by atoms with E-state index in [1.165, 1.54) is 56.2 Å². The lowest BCUT2D eigenvalue weighted by molar-refractivity contribution is -0.384. The van der Waals surface area contributed by atoms with E-state index in [4.69, 9.17) is 9.11 Å². The molecule has 0 aliphatic carbocycles. The zero-order chi connectivity index (χ0) is 38.8. The molecule has 4 aromatic rings. The molecule has 0 atom stereocenters. The molecule has 2 aliphatic rings. The van der Waals surface area contributed by atoms with Crippen LogP contribution < -0.4 is 9.80 Å². The Labute approximate surface area is 305 Å². The van der Waals surface area contributed by atoms with Crippen LogP contribution in [-0.4, -0.2) is 96.1 Å². The molecule has 0 saturated carbocycles. The lowest BCUT2D eigenvalue weighted by Gasteiger charge is -2.35. The van der Waals surface area contributed by atoms with Crippen molar-refractivity contribution in [2.75, 3.05) is 50.2 Å². The van der Waals surface area contributed by atoms with Crippen LogP contribution in [0.1, 0.15) is 44.9 Å². The van der Waals surface area contributed by atoms with Gasteiger partial charge in [-0.15, -0.1) is 0 Å². The monoisotopic (exact) mass is 780 g/mol. The first-order valence-corrected chi connectivity index (χ1v) is 19.2. The number of nitrogens with zero attached hydrogens (tertiary/aromatic N) is 8. The van der Waals surface area contributed by atoms with Crippen LogP contribution >= 0.6 is 0 Å². The van der Waals surface area contributed by atoms with E-state index in [-0.39, 0.29) is 11.4 Å². The molecule has 0 unspecified atom stereocenters. The Hall–Kier alpha value is -4.74. The van der Waals surface area contributed by atoms with Crippen molar-refractivity contribution in [1.82, 2.24) is 19.9 Å². The van der Waals surface area contributed by atoms with Crippen molar-refractivity contribution in [2.24, 2.45) is 11.8 Å². The van der Waals surface area contributed by atoms with Crippen molar-refractivity contribution >= 4 is 65.6 Å². The van der Waals surface area contributed by atoms with E-state index in [1.54, 1.807) is 12.1 Å². The third kappa shape index (κ3) is 12.2. The third-order valence-corrected chi connectivity index (χ3v) is 9.94. The van der Waals surface area contributed by atoms with Gasteiger partial charge in [-0.3, -0.25) is 37.7 Å². The molecule has 0 amide bonds. The first-order valence-electron chi connectivity index (χ1n) is 16.4. The molecule has 6 rings (SSSR count). The quantitative estimate of drug-likeness (QED) is 0.127. The van der Waals surface area contributed by atoms with E-state index >= 15 is 0 Å². The maximum absolute atomic E-state index is 11.1. The fourth-order valence-corrected chi connectivity index (χ4v) is 6.36. The molecule has 2 fully saturated rings. The first-order chi connectivity index (χ1) is 25.1. The number of hydrogen-bond donors (Lipinski definition) is 2. The third-order valence-electron chi connectivity index (χ3n) is 9.09. The minimum Gasteiger partial charge on any atom is -0.356 e. The van der Waals surface area contributed by atoms with Crippen molar-refractivity contribution in [1.29, 1.82) is 0 Å². The van der Waals surface area contributed by atoms with Gasteiger partial charge in [-0.1, -0.05) is 19.3 Å². The summed E-state index contributed by atoms with van der Waals surface area (Å²) in [7, 11) is -6.58. The van der Waals surface area contributed by atoms with Gasteiger partial charge < -0.3 is 9.80 Å². The van der Waals surface area contributed by atoms with Crippen molar-refractivity contribution in [2.45, 2.75) is 44.9 Å². The molecule has 22 heteroatoms. The standard InChI is InChI=1S/C29H32N8O4.2CH4O4S/c38-36(39)22-4-6-24-26(16-22)30-18-32-28(24)34-12-8-20(9-13-34)2-1-3-21-10-14-35(15-11-21)29-25-7-5-23(37(40)41)17-27(25)31-19-33-29;2*1-5-6(2,3)4/h4-7,16-21H,1-3,8-15H2;2*1H3,(H,2,3,4). The number of nitro benzene ring substituents is 2. The van der Waals surface area contributed by atoms with Crippen LogP contribution in [-0.2, 0) is 29.2 Å². The molecule has 20 nitrogen and oxygen atoms in total. The van der Waals surface area contributed by atoms with Gasteiger partial charge in [-0.25, -0.2) is 19.9 Å². The number of anilines is 2. The van der Waals surface area contributed by atoms with Gasteiger partial charge >= 0.3 is 20.8 Å². The summed E-state index contributed by atoms with van der Waals surface area (Å²) in [4.78, 5) is 43.6. The lowest BCUT2D eigenvalue weighted by atomic mass is 9.86. The predicted octanol–water partition coefficient (Wildman–Crippen LogP) is 4.56. The molecule has 2 aromatic carbocycles. The van der Waals surface area contributed by atoms with Crippen LogP contribution in [0.5, 0.6) is 0 Å². The molecule has 53 heavy (non-hydrogen) atoms. The summed E-state index contributed by atoms with van der Waals surface area (Å²) in [6, 6.07) is 9.61. The molecule has 0 bridgehead atoms. The number of benzene rings is 2. The van der Waals surface area contributed by atoms with Crippen LogP contribution in [0.2, 0.25) is 0 Å². The van der Waals surface area contributed by atoms with Crippen molar-refractivity contribution in [3.8, 4) is 0 Å². The van der Waals surface area contributed by atoms with Crippen LogP contribution in [0.25, 0.3) is 21.8 Å². The van der Waals surface area contributed by atoms with E-state index in [0.29, 0.717) is 22.9 Å². The van der Waals surface area contributed by atoms with E-state index in [9.17, 15) is 37.1 Å². The average Bonchev–Trinajstić information content (AvgIpc) is 3.14. The van der Waals surface area contributed by atoms with Gasteiger partial charge in [-0.2, -0.15) is 16.8 Å². The summed E-state index contributed by atoms with van der Waals surface area (Å²) in [6.07, 6.45) is 11.2. The van der Waals surface area contributed by atoms with Gasteiger partial charge in [0.2, 0.25) is 0 Å². The van der Waals surface area contributed by atoms with Crippen molar-refractivity contribution < 1.29 is 44.2 Å². The Morgan fingerprint density at radius 1 is 0.679 bits per heavy atom. The number of hydrogen-bond acceptors (Lipinski definition) is 16. The second-order valence-corrected chi connectivity index (χ2v) is 14.7. The van der Waals surface area contributed by atoms with Crippen LogP contribution in [0, 0.1) is 32.1 Å². The molecular formula is C31H40N8O12S2. The predicted molar refractivity (Wildman–Crippen MR) is 193 cm³/mol. The van der Waals surface area contributed by atoms with Gasteiger partial charge in [0, 0.05) is 61.2 Å². The van der Waals surface area contributed by atoms with Crippen LogP contribution in [0.4, 0.5) is 23.0 Å². The largest absolute Gasteiger partial charge is 0.397 e. The van der Waals surface area contributed by atoms with E-state index in [1.807, 2.05) is 0 Å². The summed E-state index contributed by atoms with van der Waals surface area (Å²) >= 11 is 0. The lowest BCUT2D eigenvalue weighted by Crippen LogP contribution is -2.35. The fourth-order valence-electron chi connectivity index (χ4n) is 6.36. The summed E-state index contributed by atoms with van der Waals surface area (Å²) in [5.74, 6) is 3.14. The zero-order valence-electron chi connectivity index (χ0n) is 28.9. The maximum Gasteiger partial charge on any atom is 0.397 e. The van der Waals surface area contributed by atoms with E-state index in [2.05, 4.69) is 38.1 Å². The normalized spacial score (nSPS) is 15.7. The molecular weight excluding hydrogens is 741 g/mol. The smallest absolute Gasteiger partial charge is 0.356 e. The molecule has 2 N–H and O–H groups in total. The highest BCUT2D eigenvalue weighted by Gasteiger charge is 2.25. The Morgan fingerprint density at radius 3 is 1.32 bits per heavy atom. The number of nitro groups is 2. The summed E-state index contributed by atoms with van der Waals surface area (Å²) in [5.41, 5.74) is 1.30. The second kappa shape index (κ2) is 18.3. The molecule has 2 aromatic heterocycles. The molecule has 288 valence electrons. The topological polar surface area (TPSA) is 272 Å². The van der Waals surface area contributed by atoms with E-state index in [0.717, 1.165) is 88.5 Å². The highest BCUT2D eigenvalue weighted by molar-refractivity contribution is 7.81. The number of aromatic nitrogens is 4. The SMILES string of the molecule is COS(=O)(=O)O.COS(=O)(=O)O.O=[N+]([O-])c1ccc2c(N3CCC(CCCC4CCN(c5ncnc6cc([N+](=O)[O-])ccc56)CC4)CC3)ncnc2c1. The van der Waals surface area contributed by atoms with Crippen LogP contribution in [0.3, 0.4) is 0 Å². The molecule has 2 saturated heterocycles. The fraction of sp³-hybridized carbons (Fsp3) is 0.484. The molecule has 4 heterocycles. The summed E-state index contributed by atoms with van der Waals surface area (Å²) < 4.78 is 59.4.